The van der Waals surface area contributed by atoms with E-state index in [-0.39, 0.29) is 0 Å². The molecule has 4 rings (SSSR count). The molecular formula is C22H20ClN5O2. The van der Waals surface area contributed by atoms with E-state index < -0.39 is 0 Å². The summed E-state index contributed by atoms with van der Waals surface area (Å²) in [5.74, 6) is 0.958. The number of nitrogens with one attached hydrogen (secondary N) is 1. The normalized spacial score (nSPS) is 13.6. The minimum absolute atomic E-state index is 0.450. The van der Waals surface area contributed by atoms with Crippen LogP contribution in [0.15, 0.2) is 48.7 Å². The summed E-state index contributed by atoms with van der Waals surface area (Å²) in [6.45, 7) is 3.06. The number of methoxy groups -OCH3 is 1. The molecule has 1 saturated heterocycles. The Morgan fingerprint density at radius 3 is 2.73 bits per heavy atom. The summed E-state index contributed by atoms with van der Waals surface area (Å²) in [6.07, 6.45) is 1.68. The number of ether oxygens (including phenoxy) is 2. The van der Waals surface area contributed by atoms with Crippen LogP contribution in [-0.4, -0.2) is 43.4 Å². The summed E-state index contributed by atoms with van der Waals surface area (Å²) in [7, 11) is 1.54. The molecule has 0 unspecified atom stereocenters. The summed E-state index contributed by atoms with van der Waals surface area (Å²) < 4.78 is 10.7. The Labute approximate surface area is 179 Å². The van der Waals surface area contributed by atoms with Crippen molar-refractivity contribution in [3.8, 4) is 23.1 Å². The number of benzene rings is 2. The third-order valence-corrected chi connectivity index (χ3v) is 5.13. The lowest BCUT2D eigenvalue weighted by atomic mass is 10.1. The van der Waals surface area contributed by atoms with Crippen molar-refractivity contribution < 1.29 is 9.47 Å². The molecule has 0 bridgehead atoms. The Morgan fingerprint density at radius 2 is 2.00 bits per heavy atom. The van der Waals surface area contributed by atoms with E-state index in [2.05, 4.69) is 26.3 Å². The molecule has 0 saturated carbocycles. The summed E-state index contributed by atoms with van der Waals surface area (Å²) in [6, 6.07) is 15.1. The first-order valence-corrected chi connectivity index (χ1v) is 9.86. The van der Waals surface area contributed by atoms with Crippen molar-refractivity contribution in [3.63, 3.8) is 0 Å². The van der Waals surface area contributed by atoms with Crippen molar-refractivity contribution in [1.82, 2.24) is 9.97 Å². The van der Waals surface area contributed by atoms with E-state index in [0.717, 1.165) is 30.0 Å². The number of aromatic nitrogens is 2. The number of nitrogens with zero attached hydrogens (tertiary/aromatic N) is 4. The van der Waals surface area contributed by atoms with Crippen LogP contribution in [0.4, 0.5) is 17.3 Å². The van der Waals surface area contributed by atoms with Gasteiger partial charge in [0.05, 0.1) is 42.3 Å². The molecule has 7 nitrogen and oxygen atoms in total. The molecule has 1 aliphatic heterocycles. The SMILES string of the molecule is COc1cc(-c2ccnc(Nc3ccc(N4CCOCC4)c(Cl)c3)n2)ccc1C#N. The average molecular weight is 422 g/mol. The van der Waals surface area contributed by atoms with E-state index in [9.17, 15) is 0 Å². The van der Waals surface area contributed by atoms with Gasteiger partial charge in [-0.25, -0.2) is 9.97 Å². The van der Waals surface area contributed by atoms with Crippen molar-refractivity contribution in [3.05, 3.63) is 59.2 Å². The van der Waals surface area contributed by atoms with Crippen LogP contribution in [0, 0.1) is 11.3 Å². The average Bonchev–Trinajstić information content (AvgIpc) is 2.79. The van der Waals surface area contributed by atoms with Crippen molar-refractivity contribution >= 4 is 28.9 Å². The summed E-state index contributed by atoms with van der Waals surface area (Å²) in [4.78, 5) is 11.1. The molecule has 0 spiro atoms. The zero-order chi connectivity index (χ0) is 20.9. The van der Waals surface area contributed by atoms with Crippen molar-refractivity contribution in [1.29, 1.82) is 5.26 Å². The lowest BCUT2D eigenvalue weighted by Crippen LogP contribution is -2.36. The van der Waals surface area contributed by atoms with Gasteiger partial charge in [-0.3, -0.25) is 0 Å². The van der Waals surface area contributed by atoms with E-state index in [0.29, 0.717) is 41.2 Å². The fourth-order valence-electron chi connectivity index (χ4n) is 3.30. The molecule has 2 heterocycles. The molecule has 0 radical (unpaired) electrons. The van der Waals surface area contributed by atoms with Crippen LogP contribution in [0.1, 0.15) is 5.56 Å². The highest BCUT2D eigenvalue weighted by Gasteiger charge is 2.15. The van der Waals surface area contributed by atoms with Gasteiger partial charge in [0.2, 0.25) is 5.95 Å². The number of morpholine rings is 1. The number of hydrogen-bond acceptors (Lipinski definition) is 7. The van der Waals surface area contributed by atoms with Gasteiger partial charge in [0.1, 0.15) is 11.8 Å². The lowest BCUT2D eigenvalue weighted by Gasteiger charge is -2.29. The maximum Gasteiger partial charge on any atom is 0.227 e. The molecular weight excluding hydrogens is 402 g/mol. The molecule has 1 N–H and O–H groups in total. The van der Waals surface area contributed by atoms with Gasteiger partial charge >= 0.3 is 0 Å². The Hall–Kier alpha value is -3.34. The first-order chi connectivity index (χ1) is 14.7. The summed E-state index contributed by atoms with van der Waals surface area (Å²) in [5.41, 5.74) is 3.81. The summed E-state index contributed by atoms with van der Waals surface area (Å²) in [5, 5.41) is 13.0. The van der Waals surface area contributed by atoms with E-state index in [1.807, 2.05) is 24.3 Å². The first-order valence-electron chi connectivity index (χ1n) is 9.49. The second kappa shape index (κ2) is 8.99. The number of hydrogen-bond donors (Lipinski definition) is 1. The van der Waals surface area contributed by atoms with E-state index in [4.69, 9.17) is 26.3 Å². The molecule has 152 valence electrons. The maximum absolute atomic E-state index is 9.16. The van der Waals surface area contributed by atoms with Gasteiger partial charge in [-0.15, -0.1) is 0 Å². The molecule has 0 atom stereocenters. The quantitative estimate of drug-likeness (QED) is 0.659. The molecule has 1 aliphatic rings. The fraction of sp³-hybridized carbons (Fsp3) is 0.227. The molecule has 8 heteroatoms. The third-order valence-electron chi connectivity index (χ3n) is 4.83. The largest absolute Gasteiger partial charge is 0.495 e. The van der Waals surface area contributed by atoms with Crippen molar-refractivity contribution in [2.45, 2.75) is 0 Å². The second-order valence-electron chi connectivity index (χ2n) is 6.68. The molecule has 3 aromatic rings. The topological polar surface area (TPSA) is 83.3 Å². The second-order valence-corrected chi connectivity index (χ2v) is 7.09. The third kappa shape index (κ3) is 4.30. The van der Waals surface area contributed by atoms with Crippen LogP contribution in [0.5, 0.6) is 5.75 Å². The predicted octanol–water partition coefficient (Wildman–Crippen LogP) is 4.26. The van der Waals surface area contributed by atoms with Crippen molar-refractivity contribution in [2.24, 2.45) is 0 Å². The number of nitriles is 1. The minimum Gasteiger partial charge on any atom is -0.495 e. The zero-order valence-electron chi connectivity index (χ0n) is 16.4. The predicted molar refractivity (Wildman–Crippen MR) is 117 cm³/mol. The van der Waals surface area contributed by atoms with Crippen molar-refractivity contribution in [2.75, 3.05) is 43.6 Å². The van der Waals surface area contributed by atoms with E-state index >= 15 is 0 Å². The van der Waals surface area contributed by atoms with Gasteiger partial charge in [0.25, 0.3) is 0 Å². The Bertz CT molecular complexity index is 1090. The van der Waals surface area contributed by atoms with Crippen LogP contribution >= 0.6 is 11.6 Å². The number of halogens is 1. The molecule has 2 aromatic carbocycles. The van der Waals surface area contributed by atoms with E-state index in [1.165, 1.54) is 7.11 Å². The van der Waals surface area contributed by atoms with Gasteiger partial charge in [0.15, 0.2) is 0 Å². The van der Waals surface area contributed by atoms with Gasteiger partial charge in [-0.2, -0.15) is 5.26 Å². The Balaban J connectivity index is 1.55. The highest BCUT2D eigenvalue weighted by Crippen LogP contribution is 2.31. The monoisotopic (exact) mass is 421 g/mol. The van der Waals surface area contributed by atoms with E-state index in [1.54, 1.807) is 24.4 Å². The molecule has 30 heavy (non-hydrogen) atoms. The van der Waals surface area contributed by atoms with Gasteiger partial charge in [-0.05, 0) is 36.4 Å². The van der Waals surface area contributed by atoms with Crippen LogP contribution in [0.3, 0.4) is 0 Å². The van der Waals surface area contributed by atoms with Crippen LogP contribution < -0.4 is 15.0 Å². The fourth-order valence-corrected chi connectivity index (χ4v) is 3.60. The molecule has 0 aliphatic carbocycles. The van der Waals surface area contributed by atoms with Gasteiger partial charge in [0, 0.05) is 30.5 Å². The number of rotatable bonds is 5. The smallest absolute Gasteiger partial charge is 0.227 e. The standard InChI is InChI=1S/C22H20ClN5O2/c1-29-21-12-15(2-3-16(21)14-24)19-6-7-25-22(27-19)26-17-4-5-20(18(23)13-17)28-8-10-30-11-9-28/h2-7,12-13H,8-11H2,1H3,(H,25,26,27). The molecule has 0 amide bonds. The first kappa shape index (κ1) is 20.0. The van der Waals surface area contributed by atoms with Crippen LogP contribution in [0.2, 0.25) is 5.02 Å². The van der Waals surface area contributed by atoms with Gasteiger partial charge < -0.3 is 19.7 Å². The molecule has 1 aromatic heterocycles. The Kier molecular flexibility index (Phi) is 5.98. The molecule has 1 fully saturated rings. The summed E-state index contributed by atoms with van der Waals surface area (Å²) >= 11 is 6.51. The van der Waals surface area contributed by atoms with Gasteiger partial charge in [-0.1, -0.05) is 17.7 Å². The number of anilines is 3. The van der Waals surface area contributed by atoms with Crippen LogP contribution in [-0.2, 0) is 4.74 Å². The Morgan fingerprint density at radius 1 is 1.17 bits per heavy atom. The van der Waals surface area contributed by atoms with Crippen LogP contribution in [0.25, 0.3) is 11.3 Å². The highest BCUT2D eigenvalue weighted by atomic mass is 35.5. The highest BCUT2D eigenvalue weighted by molar-refractivity contribution is 6.33. The minimum atomic E-state index is 0.450. The zero-order valence-corrected chi connectivity index (χ0v) is 17.2. The lowest BCUT2D eigenvalue weighted by molar-refractivity contribution is 0.122. The maximum atomic E-state index is 9.16.